The highest BCUT2D eigenvalue weighted by molar-refractivity contribution is 5.81. The molecular formula is C7H13NO2. The largest absolute Gasteiger partial charge is 0.466 e. The number of carbonyl (C=O) groups excluding carboxylic acids is 1. The first-order chi connectivity index (χ1) is 4.66. The van der Waals surface area contributed by atoms with Crippen molar-refractivity contribution in [2.24, 2.45) is 0 Å². The maximum Gasteiger partial charge on any atom is 0.331 e. The minimum Gasteiger partial charge on any atom is -0.466 e. The van der Waals surface area contributed by atoms with Crippen molar-refractivity contribution in [3.63, 3.8) is 0 Å². The molecule has 10 heavy (non-hydrogen) atoms. The minimum absolute atomic E-state index is 0.340. The third-order valence-corrected chi connectivity index (χ3v) is 0.850. The number of hydrogen-bond acceptors (Lipinski definition) is 3. The zero-order chi connectivity index (χ0) is 7.98. The second kappa shape index (κ2) is 4.85. The molecule has 0 spiro atoms. The SMILES string of the molecule is COC(=O)/C=C\NC(C)C. The molecule has 0 aromatic rings. The molecular weight excluding hydrogens is 130 g/mol. The molecule has 0 bridgehead atoms. The molecule has 1 N–H and O–H groups in total. The van der Waals surface area contributed by atoms with Crippen molar-refractivity contribution in [2.75, 3.05) is 7.11 Å². The average Bonchev–Trinajstić information content (AvgIpc) is 1.87. The summed E-state index contributed by atoms with van der Waals surface area (Å²) in [6, 6.07) is 0.348. The van der Waals surface area contributed by atoms with Gasteiger partial charge in [-0.1, -0.05) is 0 Å². The van der Waals surface area contributed by atoms with E-state index in [2.05, 4.69) is 10.1 Å². The number of hydrogen-bond donors (Lipinski definition) is 1. The van der Waals surface area contributed by atoms with Crippen LogP contribution in [0.2, 0.25) is 0 Å². The molecule has 0 heterocycles. The van der Waals surface area contributed by atoms with E-state index in [1.807, 2.05) is 13.8 Å². The summed E-state index contributed by atoms with van der Waals surface area (Å²) < 4.78 is 4.37. The predicted molar refractivity (Wildman–Crippen MR) is 39.4 cm³/mol. The molecule has 0 fully saturated rings. The lowest BCUT2D eigenvalue weighted by Crippen LogP contribution is -2.15. The van der Waals surface area contributed by atoms with Crippen LogP contribution in [-0.4, -0.2) is 19.1 Å². The first kappa shape index (κ1) is 9.01. The highest BCUT2D eigenvalue weighted by Crippen LogP contribution is 1.78. The smallest absolute Gasteiger partial charge is 0.331 e. The van der Waals surface area contributed by atoms with E-state index < -0.39 is 0 Å². The molecule has 0 saturated carbocycles. The van der Waals surface area contributed by atoms with Crippen molar-refractivity contribution in [2.45, 2.75) is 19.9 Å². The number of rotatable bonds is 3. The first-order valence-electron chi connectivity index (χ1n) is 3.17. The Morgan fingerprint density at radius 1 is 1.60 bits per heavy atom. The van der Waals surface area contributed by atoms with Gasteiger partial charge in [-0.25, -0.2) is 4.79 Å². The molecule has 0 rings (SSSR count). The van der Waals surface area contributed by atoms with Gasteiger partial charge < -0.3 is 10.1 Å². The van der Waals surface area contributed by atoms with Crippen LogP contribution in [0.25, 0.3) is 0 Å². The molecule has 0 amide bonds. The van der Waals surface area contributed by atoms with E-state index in [1.54, 1.807) is 6.20 Å². The van der Waals surface area contributed by atoms with Crippen LogP contribution in [0.15, 0.2) is 12.3 Å². The number of methoxy groups -OCH3 is 1. The zero-order valence-electron chi connectivity index (χ0n) is 6.55. The van der Waals surface area contributed by atoms with Crippen LogP contribution < -0.4 is 5.32 Å². The summed E-state index contributed by atoms with van der Waals surface area (Å²) in [6.07, 6.45) is 2.93. The van der Waals surface area contributed by atoms with Gasteiger partial charge >= 0.3 is 5.97 Å². The fourth-order valence-electron chi connectivity index (χ4n) is 0.377. The van der Waals surface area contributed by atoms with Crippen LogP contribution in [0.4, 0.5) is 0 Å². The van der Waals surface area contributed by atoms with Gasteiger partial charge in [-0.05, 0) is 13.8 Å². The van der Waals surface area contributed by atoms with Gasteiger partial charge in [0, 0.05) is 18.3 Å². The Kier molecular flexibility index (Phi) is 4.37. The standard InChI is InChI=1S/C7H13NO2/c1-6(2)8-5-4-7(9)10-3/h4-6,8H,1-3H3/b5-4-. The van der Waals surface area contributed by atoms with E-state index in [0.29, 0.717) is 6.04 Å². The van der Waals surface area contributed by atoms with Gasteiger partial charge in [-0.15, -0.1) is 0 Å². The van der Waals surface area contributed by atoms with E-state index in [0.717, 1.165) is 0 Å². The third-order valence-electron chi connectivity index (χ3n) is 0.850. The summed E-state index contributed by atoms with van der Waals surface area (Å²) in [4.78, 5) is 10.4. The molecule has 3 heteroatoms. The first-order valence-corrected chi connectivity index (χ1v) is 3.17. The van der Waals surface area contributed by atoms with Crippen molar-refractivity contribution in [3.05, 3.63) is 12.3 Å². The average molecular weight is 143 g/mol. The van der Waals surface area contributed by atoms with Crippen molar-refractivity contribution in [1.29, 1.82) is 0 Å². The predicted octanol–water partition coefficient (Wildman–Crippen LogP) is 0.671. The molecule has 0 atom stereocenters. The van der Waals surface area contributed by atoms with Crippen LogP contribution in [0.1, 0.15) is 13.8 Å². The second-order valence-corrected chi connectivity index (χ2v) is 2.18. The molecule has 0 aliphatic rings. The maximum atomic E-state index is 10.4. The summed E-state index contributed by atoms with van der Waals surface area (Å²) in [5, 5.41) is 2.93. The Balaban J connectivity index is 3.46. The Hall–Kier alpha value is -0.990. The van der Waals surface area contributed by atoms with Crippen molar-refractivity contribution in [1.82, 2.24) is 5.32 Å². The van der Waals surface area contributed by atoms with Crippen molar-refractivity contribution < 1.29 is 9.53 Å². The summed E-state index contributed by atoms with van der Waals surface area (Å²) >= 11 is 0. The summed E-state index contributed by atoms with van der Waals surface area (Å²) in [5.41, 5.74) is 0. The third kappa shape index (κ3) is 5.15. The van der Waals surface area contributed by atoms with Gasteiger partial charge in [0.25, 0.3) is 0 Å². The Bertz CT molecular complexity index is 130. The number of ether oxygens (including phenoxy) is 1. The topological polar surface area (TPSA) is 38.3 Å². The van der Waals surface area contributed by atoms with Crippen LogP contribution in [0.3, 0.4) is 0 Å². The van der Waals surface area contributed by atoms with E-state index in [4.69, 9.17) is 0 Å². The van der Waals surface area contributed by atoms with Gasteiger partial charge in [0.05, 0.1) is 7.11 Å². The highest BCUT2D eigenvalue weighted by atomic mass is 16.5. The van der Waals surface area contributed by atoms with Crippen molar-refractivity contribution in [3.8, 4) is 0 Å². The minimum atomic E-state index is -0.340. The van der Waals surface area contributed by atoms with Gasteiger partial charge in [0.2, 0.25) is 0 Å². The molecule has 3 nitrogen and oxygen atoms in total. The number of nitrogens with one attached hydrogen (secondary N) is 1. The van der Waals surface area contributed by atoms with Gasteiger partial charge in [-0.2, -0.15) is 0 Å². The van der Waals surface area contributed by atoms with E-state index in [-0.39, 0.29) is 5.97 Å². The molecule has 0 radical (unpaired) electrons. The number of esters is 1. The van der Waals surface area contributed by atoms with Gasteiger partial charge in [0.15, 0.2) is 0 Å². The normalized spacial score (nSPS) is 10.4. The van der Waals surface area contributed by atoms with E-state index in [1.165, 1.54) is 13.2 Å². The van der Waals surface area contributed by atoms with Crippen LogP contribution in [0, 0.1) is 0 Å². The fourth-order valence-corrected chi connectivity index (χ4v) is 0.377. The summed E-state index contributed by atoms with van der Waals surface area (Å²) in [7, 11) is 1.35. The summed E-state index contributed by atoms with van der Waals surface area (Å²) in [6.45, 7) is 3.98. The Morgan fingerprint density at radius 2 is 2.20 bits per heavy atom. The van der Waals surface area contributed by atoms with Crippen LogP contribution in [0.5, 0.6) is 0 Å². The summed E-state index contributed by atoms with van der Waals surface area (Å²) in [5.74, 6) is -0.340. The lowest BCUT2D eigenvalue weighted by atomic mass is 10.4. The van der Waals surface area contributed by atoms with E-state index in [9.17, 15) is 4.79 Å². The molecule has 0 aliphatic carbocycles. The Morgan fingerprint density at radius 3 is 2.60 bits per heavy atom. The van der Waals surface area contributed by atoms with Gasteiger partial charge in [-0.3, -0.25) is 0 Å². The fraction of sp³-hybridized carbons (Fsp3) is 0.571. The molecule has 0 unspecified atom stereocenters. The van der Waals surface area contributed by atoms with Crippen LogP contribution >= 0.6 is 0 Å². The molecule has 0 saturated heterocycles. The lowest BCUT2D eigenvalue weighted by molar-refractivity contribution is -0.134. The Labute approximate surface area is 61.1 Å². The zero-order valence-corrected chi connectivity index (χ0v) is 6.55. The van der Waals surface area contributed by atoms with Gasteiger partial charge in [0.1, 0.15) is 0 Å². The molecule has 0 aromatic heterocycles. The highest BCUT2D eigenvalue weighted by Gasteiger charge is 1.89. The second-order valence-electron chi connectivity index (χ2n) is 2.18. The maximum absolute atomic E-state index is 10.4. The van der Waals surface area contributed by atoms with Crippen molar-refractivity contribution >= 4 is 5.97 Å². The lowest BCUT2D eigenvalue weighted by Gasteiger charge is -2.01. The quantitative estimate of drug-likeness (QED) is 0.466. The van der Waals surface area contributed by atoms with E-state index >= 15 is 0 Å². The van der Waals surface area contributed by atoms with Crippen LogP contribution in [-0.2, 0) is 9.53 Å². The molecule has 0 aromatic carbocycles. The number of carbonyl (C=O) groups is 1. The monoisotopic (exact) mass is 143 g/mol. The molecule has 0 aliphatic heterocycles. The molecule has 58 valence electrons.